The smallest absolute Gasteiger partial charge is 0.234 e. The SMILES string of the molecule is O=C1C(C2C(Cl)=CC=CC2Cl)C2C=CC(Sc3ccc(F)cc3)=NN2CN1/C(=C/O)CCl. The molecule has 4 atom stereocenters. The van der Waals surface area contributed by atoms with Gasteiger partial charge in [0, 0.05) is 15.8 Å². The Morgan fingerprint density at radius 3 is 2.69 bits per heavy atom. The van der Waals surface area contributed by atoms with Crippen LogP contribution >= 0.6 is 46.6 Å². The van der Waals surface area contributed by atoms with E-state index in [2.05, 4.69) is 0 Å². The number of thioether (sulfide) groups is 1. The quantitative estimate of drug-likeness (QED) is 0.429. The van der Waals surface area contributed by atoms with Crippen molar-refractivity contribution < 1.29 is 14.3 Å². The number of benzene rings is 1. The van der Waals surface area contributed by atoms with Gasteiger partial charge in [-0.2, -0.15) is 5.10 Å². The molecule has 5 nitrogen and oxygen atoms in total. The van der Waals surface area contributed by atoms with Gasteiger partial charge >= 0.3 is 0 Å². The molecule has 0 spiro atoms. The first-order chi connectivity index (χ1) is 15.4. The summed E-state index contributed by atoms with van der Waals surface area (Å²) in [5.41, 5.74) is 0.259. The van der Waals surface area contributed by atoms with E-state index in [1.165, 1.54) is 28.8 Å². The number of carbonyl (C=O) groups excluding carboxylic acids is 1. The molecule has 10 heteroatoms. The number of hydrazone groups is 1. The predicted octanol–water partition coefficient (Wildman–Crippen LogP) is 5.44. The molecule has 32 heavy (non-hydrogen) atoms. The first kappa shape index (κ1) is 23.2. The fraction of sp³-hybridized carbons (Fsp3) is 0.273. The van der Waals surface area contributed by atoms with Gasteiger partial charge in [0.15, 0.2) is 0 Å². The molecular weight excluding hydrogens is 496 g/mol. The molecule has 3 aliphatic rings. The van der Waals surface area contributed by atoms with Gasteiger partial charge in [-0.1, -0.05) is 41.6 Å². The Morgan fingerprint density at radius 2 is 2.03 bits per heavy atom. The number of aliphatic hydroxyl groups is 1. The molecule has 1 amide bonds. The van der Waals surface area contributed by atoms with Gasteiger partial charge in [0.25, 0.3) is 0 Å². The number of aliphatic hydroxyl groups excluding tert-OH is 1. The summed E-state index contributed by atoms with van der Waals surface area (Å²) >= 11 is 20.4. The Morgan fingerprint density at radius 1 is 1.28 bits per heavy atom. The molecule has 4 unspecified atom stereocenters. The van der Waals surface area contributed by atoms with E-state index >= 15 is 0 Å². The highest BCUT2D eigenvalue weighted by Gasteiger charge is 2.49. The van der Waals surface area contributed by atoms with Crippen LogP contribution in [-0.4, -0.2) is 49.9 Å². The second kappa shape index (κ2) is 9.91. The Kier molecular flexibility index (Phi) is 7.20. The summed E-state index contributed by atoms with van der Waals surface area (Å²) in [4.78, 5) is 15.8. The van der Waals surface area contributed by atoms with Crippen LogP contribution in [0.25, 0.3) is 0 Å². The summed E-state index contributed by atoms with van der Waals surface area (Å²) in [6.45, 7) is 0.105. The fourth-order valence-electron chi connectivity index (χ4n) is 3.94. The van der Waals surface area contributed by atoms with E-state index in [0.29, 0.717) is 10.1 Å². The van der Waals surface area contributed by atoms with Crippen LogP contribution in [0.5, 0.6) is 0 Å². The third kappa shape index (κ3) is 4.57. The topological polar surface area (TPSA) is 56.1 Å². The van der Waals surface area contributed by atoms with Crippen molar-refractivity contribution in [3.05, 3.63) is 77.5 Å². The van der Waals surface area contributed by atoms with Gasteiger partial charge in [0.1, 0.15) is 17.5 Å². The van der Waals surface area contributed by atoms with Crippen LogP contribution in [0.3, 0.4) is 0 Å². The second-order valence-corrected chi connectivity index (χ2v) is 9.68. The zero-order valence-corrected chi connectivity index (χ0v) is 19.7. The van der Waals surface area contributed by atoms with Crippen molar-refractivity contribution in [1.82, 2.24) is 9.91 Å². The molecule has 1 aliphatic carbocycles. The first-order valence-electron chi connectivity index (χ1n) is 9.78. The lowest BCUT2D eigenvalue weighted by Gasteiger charge is -2.47. The van der Waals surface area contributed by atoms with Gasteiger partial charge < -0.3 is 5.11 Å². The van der Waals surface area contributed by atoms with E-state index in [-0.39, 0.29) is 36.0 Å². The maximum absolute atomic E-state index is 13.5. The minimum atomic E-state index is -0.643. The van der Waals surface area contributed by atoms with Gasteiger partial charge in [-0.25, -0.2) is 4.39 Å². The Balaban J connectivity index is 1.68. The summed E-state index contributed by atoms with van der Waals surface area (Å²) in [5, 5.41) is 16.8. The molecular formula is C22H19Cl3FN3O2S. The highest BCUT2D eigenvalue weighted by Crippen LogP contribution is 2.42. The third-order valence-electron chi connectivity index (χ3n) is 5.48. The van der Waals surface area contributed by atoms with E-state index in [1.807, 2.05) is 12.2 Å². The van der Waals surface area contributed by atoms with Gasteiger partial charge in [-0.05, 0) is 36.4 Å². The normalized spacial score (nSPS) is 27.9. The molecule has 1 aromatic rings. The van der Waals surface area contributed by atoms with Crippen molar-refractivity contribution in [2.75, 3.05) is 12.5 Å². The molecule has 4 rings (SSSR count). The minimum Gasteiger partial charge on any atom is -0.514 e. The van der Waals surface area contributed by atoms with Crippen molar-refractivity contribution in [3.63, 3.8) is 0 Å². The van der Waals surface area contributed by atoms with Gasteiger partial charge in [-0.3, -0.25) is 14.7 Å². The van der Waals surface area contributed by atoms with Crippen LogP contribution in [-0.2, 0) is 4.79 Å². The van der Waals surface area contributed by atoms with Crippen molar-refractivity contribution in [3.8, 4) is 0 Å². The Labute approximate surface area is 204 Å². The zero-order valence-electron chi connectivity index (χ0n) is 16.6. The lowest BCUT2D eigenvalue weighted by molar-refractivity contribution is -0.146. The molecule has 168 valence electrons. The number of nitrogens with zero attached hydrogens (tertiary/aromatic N) is 3. The largest absolute Gasteiger partial charge is 0.514 e. The van der Waals surface area contributed by atoms with Crippen molar-refractivity contribution in [2.45, 2.75) is 16.3 Å². The number of alkyl halides is 2. The molecule has 1 fully saturated rings. The van der Waals surface area contributed by atoms with Crippen LogP contribution in [0.1, 0.15) is 0 Å². The number of carbonyl (C=O) groups is 1. The average molecular weight is 515 g/mol. The summed E-state index contributed by atoms with van der Waals surface area (Å²) in [6.07, 6.45) is 9.88. The standard InChI is InChI=1S/C22H19Cl3FN3O2S/c23-10-14(11-30)28-12-29-18(21(22(28)31)20-16(24)2-1-3-17(20)25)8-9-19(27-29)32-15-6-4-13(26)5-7-15/h1-9,11,16,18,20-21,30H,10,12H2/b14-11+. The maximum Gasteiger partial charge on any atom is 0.234 e. The molecule has 1 aromatic carbocycles. The zero-order chi connectivity index (χ0) is 22.8. The van der Waals surface area contributed by atoms with Crippen LogP contribution in [0.2, 0.25) is 0 Å². The minimum absolute atomic E-state index is 0.0529. The molecule has 2 aliphatic heterocycles. The lowest BCUT2D eigenvalue weighted by atomic mass is 9.78. The third-order valence-corrected chi connectivity index (χ3v) is 7.48. The summed E-state index contributed by atoms with van der Waals surface area (Å²) < 4.78 is 13.2. The molecule has 1 N–H and O–H groups in total. The molecule has 0 bridgehead atoms. The van der Waals surface area contributed by atoms with E-state index in [9.17, 15) is 14.3 Å². The molecule has 0 saturated carbocycles. The van der Waals surface area contributed by atoms with Gasteiger partial charge in [0.05, 0.1) is 35.2 Å². The van der Waals surface area contributed by atoms with Crippen LogP contribution in [0, 0.1) is 17.7 Å². The van der Waals surface area contributed by atoms with E-state index in [4.69, 9.17) is 39.9 Å². The monoisotopic (exact) mass is 513 g/mol. The Hall–Kier alpha value is -1.93. The van der Waals surface area contributed by atoms with E-state index in [0.717, 1.165) is 11.2 Å². The van der Waals surface area contributed by atoms with E-state index in [1.54, 1.807) is 35.4 Å². The fourth-order valence-corrected chi connectivity index (χ4v) is 5.74. The highest BCUT2D eigenvalue weighted by atomic mass is 35.5. The number of hydrogen-bond acceptors (Lipinski definition) is 5. The highest BCUT2D eigenvalue weighted by molar-refractivity contribution is 8.14. The average Bonchev–Trinajstić information content (AvgIpc) is 2.78. The van der Waals surface area contributed by atoms with Crippen molar-refractivity contribution >= 4 is 57.5 Å². The Bertz CT molecular complexity index is 1040. The number of allylic oxidation sites excluding steroid dienone is 5. The molecule has 0 aromatic heterocycles. The molecule has 2 heterocycles. The van der Waals surface area contributed by atoms with Crippen LogP contribution in [0.4, 0.5) is 4.39 Å². The number of halogens is 4. The summed E-state index contributed by atoms with van der Waals surface area (Å²) in [6, 6.07) is 5.74. The molecule has 1 saturated heterocycles. The maximum atomic E-state index is 13.5. The number of rotatable bonds is 4. The lowest BCUT2D eigenvalue weighted by Crippen LogP contribution is -2.59. The number of amides is 1. The van der Waals surface area contributed by atoms with Crippen LogP contribution in [0.15, 0.2) is 81.6 Å². The summed E-state index contributed by atoms with van der Waals surface area (Å²) in [7, 11) is 0. The predicted molar refractivity (Wildman–Crippen MR) is 127 cm³/mol. The van der Waals surface area contributed by atoms with Crippen molar-refractivity contribution in [1.29, 1.82) is 0 Å². The first-order valence-corrected chi connectivity index (χ1v) is 11.9. The van der Waals surface area contributed by atoms with Crippen molar-refractivity contribution in [2.24, 2.45) is 16.9 Å². The van der Waals surface area contributed by atoms with E-state index < -0.39 is 17.2 Å². The number of hydrogen-bond donors (Lipinski definition) is 1. The van der Waals surface area contributed by atoms with Gasteiger partial charge in [-0.15, -0.1) is 23.2 Å². The summed E-state index contributed by atoms with van der Waals surface area (Å²) in [5.74, 6) is -1.71. The van der Waals surface area contributed by atoms with Gasteiger partial charge in [0.2, 0.25) is 5.91 Å². The second-order valence-electron chi connectivity index (χ2n) is 7.38. The number of fused-ring (bicyclic) bond motifs is 1. The van der Waals surface area contributed by atoms with Crippen LogP contribution < -0.4 is 0 Å². The molecule has 0 radical (unpaired) electrons.